The van der Waals surface area contributed by atoms with Gasteiger partial charge >= 0.3 is 6.09 Å². The van der Waals surface area contributed by atoms with Gasteiger partial charge in [-0.3, -0.25) is 28.9 Å². The minimum absolute atomic E-state index is 0.0138. The van der Waals surface area contributed by atoms with Crippen LogP contribution in [0.3, 0.4) is 0 Å². The molecule has 0 bridgehead atoms. The van der Waals surface area contributed by atoms with Gasteiger partial charge in [-0.1, -0.05) is 45.7 Å². The lowest BCUT2D eigenvalue weighted by Gasteiger charge is -2.45. The van der Waals surface area contributed by atoms with Gasteiger partial charge in [-0.25, -0.2) is 23.2 Å². The Hall–Kier alpha value is -4.30. The van der Waals surface area contributed by atoms with E-state index in [1.807, 2.05) is 18.4 Å². The summed E-state index contributed by atoms with van der Waals surface area (Å²) in [5.41, 5.74) is -0.524. The lowest BCUT2D eigenvalue weighted by molar-refractivity contribution is -0.151. The summed E-state index contributed by atoms with van der Waals surface area (Å²) < 4.78 is 52.6. The van der Waals surface area contributed by atoms with Gasteiger partial charge in [0.15, 0.2) is 0 Å². The highest BCUT2D eigenvalue weighted by Gasteiger charge is 2.63. The zero-order valence-electron chi connectivity index (χ0n) is 38.1. The van der Waals surface area contributed by atoms with Gasteiger partial charge in [0, 0.05) is 49.4 Å². The molecule has 5 fully saturated rings. The SMILES string of the molecule is CC[C@@H]1C[C@]1(NC(=O)[C@@H]1C[C@@H](Oc2cc(-c3nc(C(C)C)cs3)nc3c(Cl)c(OCCN4CCOCC4)ccc23)[C@H]2CN(C(=O)OC(C)(C)C)[C@H](CC)C(=O)N21)C(=O)NS(=O)(=O)C1CC1. The van der Waals surface area contributed by atoms with Crippen LogP contribution in [0.25, 0.3) is 21.6 Å². The van der Waals surface area contributed by atoms with Crippen LogP contribution in [-0.2, 0) is 33.9 Å². The Kier molecular flexibility index (Phi) is 13.4. The van der Waals surface area contributed by atoms with Crippen LogP contribution in [0.1, 0.15) is 98.6 Å². The number of nitrogens with zero attached hydrogens (tertiary/aromatic N) is 5. The summed E-state index contributed by atoms with van der Waals surface area (Å²) in [4.78, 5) is 72.1. The molecule has 17 nitrogen and oxygen atoms in total. The van der Waals surface area contributed by atoms with E-state index in [0.29, 0.717) is 78.7 Å². The van der Waals surface area contributed by atoms with Crippen molar-refractivity contribution in [2.75, 3.05) is 46.0 Å². The fraction of sp³-hybridized carbons (Fsp3) is 0.644. The monoisotopic (exact) mass is 957 g/mol. The predicted molar refractivity (Wildman–Crippen MR) is 245 cm³/mol. The van der Waals surface area contributed by atoms with E-state index in [4.69, 9.17) is 40.5 Å². The minimum atomic E-state index is -3.90. The molecule has 2 N–H and O–H groups in total. The molecule has 3 aliphatic heterocycles. The summed E-state index contributed by atoms with van der Waals surface area (Å²) in [7, 11) is -3.90. The van der Waals surface area contributed by atoms with E-state index in [-0.39, 0.29) is 42.7 Å². The number of piperazine rings is 1. The molecule has 0 unspecified atom stereocenters. The normalized spacial score (nSPS) is 26.0. The molecule has 20 heteroatoms. The number of pyridine rings is 1. The first-order valence-corrected chi connectivity index (χ1v) is 25.5. The Morgan fingerprint density at radius 3 is 2.45 bits per heavy atom. The summed E-state index contributed by atoms with van der Waals surface area (Å²) in [6.45, 7) is 17.1. The number of amides is 4. The summed E-state index contributed by atoms with van der Waals surface area (Å²) in [6, 6.07) is 2.44. The third kappa shape index (κ3) is 9.76. The average Bonchev–Trinajstić information content (AvgIpc) is 4.15. The lowest BCUT2D eigenvalue weighted by atomic mass is 10.0. The van der Waals surface area contributed by atoms with Crippen LogP contribution >= 0.6 is 22.9 Å². The molecular weight excluding hydrogens is 898 g/mol. The number of fused-ring (bicyclic) bond motifs is 2. The Balaban J connectivity index is 1.15. The molecule has 3 aromatic rings. The van der Waals surface area contributed by atoms with Crippen LogP contribution in [0.2, 0.25) is 5.02 Å². The zero-order valence-corrected chi connectivity index (χ0v) is 40.4. The van der Waals surface area contributed by atoms with Gasteiger partial charge in [-0.15, -0.1) is 11.3 Å². The Labute approximate surface area is 389 Å². The molecule has 6 atom stereocenters. The number of rotatable bonds is 15. The van der Waals surface area contributed by atoms with E-state index in [1.54, 1.807) is 39.8 Å². The number of carbonyl (C=O) groups excluding carboxylic acids is 4. The molecule has 3 saturated heterocycles. The quantitative estimate of drug-likeness (QED) is 0.194. The van der Waals surface area contributed by atoms with Crippen molar-refractivity contribution in [2.45, 2.75) is 134 Å². The highest BCUT2D eigenvalue weighted by molar-refractivity contribution is 7.91. The zero-order chi connectivity index (χ0) is 46.6. The number of sulfonamides is 1. The van der Waals surface area contributed by atoms with Crippen LogP contribution in [0.15, 0.2) is 23.6 Å². The van der Waals surface area contributed by atoms with Crippen molar-refractivity contribution in [1.82, 2.24) is 34.7 Å². The molecule has 354 valence electrons. The fourth-order valence-corrected chi connectivity index (χ4v) is 11.7. The van der Waals surface area contributed by atoms with Crippen LogP contribution < -0.4 is 19.5 Å². The van der Waals surface area contributed by atoms with Crippen molar-refractivity contribution in [3.63, 3.8) is 0 Å². The van der Waals surface area contributed by atoms with E-state index < -0.39 is 74.5 Å². The number of ether oxygens (including phenoxy) is 4. The molecule has 0 radical (unpaired) electrons. The molecule has 5 aliphatic rings. The summed E-state index contributed by atoms with van der Waals surface area (Å²) >= 11 is 8.58. The average molecular weight is 959 g/mol. The van der Waals surface area contributed by atoms with Crippen molar-refractivity contribution in [2.24, 2.45) is 5.92 Å². The van der Waals surface area contributed by atoms with Crippen molar-refractivity contribution in [1.29, 1.82) is 0 Å². The van der Waals surface area contributed by atoms with E-state index in [9.17, 15) is 27.6 Å². The van der Waals surface area contributed by atoms with Crippen LogP contribution in [0.4, 0.5) is 4.79 Å². The van der Waals surface area contributed by atoms with Gasteiger partial charge in [0.05, 0.1) is 35.7 Å². The second kappa shape index (κ2) is 18.4. The van der Waals surface area contributed by atoms with Crippen molar-refractivity contribution < 1.29 is 46.5 Å². The molecule has 2 aromatic heterocycles. The van der Waals surface area contributed by atoms with Crippen molar-refractivity contribution in [3.8, 4) is 22.2 Å². The highest BCUT2D eigenvalue weighted by Crippen LogP contribution is 2.48. The summed E-state index contributed by atoms with van der Waals surface area (Å²) in [5, 5.41) is 5.73. The Morgan fingerprint density at radius 2 is 1.82 bits per heavy atom. The second-order valence-electron chi connectivity index (χ2n) is 19.0. The van der Waals surface area contributed by atoms with E-state index in [2.05, 4.69) is 28.8 Å². The molecule has 2 saturated carbocycles. The minimum Gasteiger partial charge on any atom is -0.491 e. The largest absolute Gasteiger partial charge is 0.491 e. The van der Waals surface area contributed by atoms with Crippen molar-refractivity contribution >= 4 is 67.7 Å². The number of hydrogen-bond acceptors (Lipinski definition) is 14. The Bertz CT molecular complexity index is 2440. The van der Waals surface area contributed by atoms with Crippen LogP contribution in [0, 0.1) is 5.92 Å². The first-order valence-electron chi connectivity index (χ1n) is 22.7. The number of benzene rings is 1. The third-order valence-corrected chi connectivity index (χ3v) is 16.0. The summed E-state index contributed by atoms with van der Waals surface area (Å²) in [5.74, 6) is -1.20. The van der Waals surface area contributed by atoms with Gasteiger partial charge in [-0.2, -0.15) is 0 Å². The fourth-order valence-electron chi connectivity index (χ4n) is 9.10. The molecule has 8 rings (SSSR count). The van der Waals surface area contributed by atoms with Crippen LogP contribution in [0.5, 0.6) is 11.5 Å². The number of halogens is 1. The smallest absolute Gasteiger partial charge is 0.411 e. The highest BCUT2D eigenvalue weighted by atomic mass is 35.5. The molecular formula is C45H60ClN7O10S2. The second-order valence-corrected chi connectivity index (χ2v) is 22.2. The van der Waals surface area contributed by atoms with Crippen LogP contribution in [-0.4, -0.2) is 144 Å². The number of hydrogen-bond donors (Lipinski definition) is 2. The molecule has 5 heterocycles. The first kappa shape index (κ1) is 47.2. The van der Waals surface area contributed by atoms with Gasteiger partial charge in [0.25, 0.3) is 5.91 Å². The van der Waals surface area contributed by atoms with Crippen molar-refractivity contribution in [3.05, 3.63) is 34.3 Å². The van der Waals surface area contributed by atoms with Gasteiger partial charge in [0.1, 0.15) is 63.2 Å². The maximum absolute atomic E-state index is 14.7. The van der Waals surface area contributed by atoms with Gasteiger partial charge < -0.3 is 29.2 Å². The third-order valence-electron chi connectivity index (χ3n) is 13.0. The summed E-state index contributed by atoms with van der Waals surface area (Å²) in [6.07, 6.45) is 0.374. The molecule has 0 spiro atoms. The maximum atomic E-state index is 14.7. The molecule has 65 heavy (non-hydrogen) atoms. The molecule has 4 amide bonds. The van der Waals surface area contributed by atoms with Gasteiger partial charge in [-0.05, 0) is 70.4 Å². The molecule has 1 aromatic carbocycles. The van der Waals surface area contributed by atoms with E-state index in [1.165, 1.54) is 21.1 Å². The van der Waals surface area contributed by atoms with Gasteiger partial charge in [0.2, 0.25) is 21.8 Å². The number of thiazole rings is 1. The number of aromatic nitrogens is 2. The predicted octanol–water partition coefficient (Wildman–Crippen LogP) is 5.49. The molecule has 2 aliphatic carbocycles. The standard InChI is InChI=1S/C45H60ClN7O10S2/c1-8-26-22-45(26,42(56)50-65(58,59)27-10-11-27)49-39(54)32-21-36(33-23-52(43(57)63-44(5,6)7)31(9-2)41(55)53(32)33)62-35-20-29(40-48-30(24-64-40)25(3)4)47-38-28(35)12-13-34(37(38)46)61-19-16-51-14-17-60-18-15-51/h12-13,20,24-27,31-33,36H,8-11,14-19,21-23H2,1-7H3,(H,49,54)(H,50,56)/t26-,31-,32+,33-,36-,45-/m1/s1. The number of morpholine rings is 1. The topological polar surface area (TPSA) is 199 Å². The number of carbonyl (C=O) groups is 4. The van der Waals surface area contributed by atoms with E-state index in [0.717, 1.165) is 18.8 Å². The van der Waals surface area contributed by atoms with E-state index >= 15 is 0 Å². The first-order chi connectivity index (χ1) is 30.8. The maximum Gasteiger partial charge on any atom is 0.411 e. The lowest BCUT2D eigenvalue weighted by Crippen LogP contribution is -2.66. The Morgan fingerprint density at radius 1 is 1.08 bits per heavy atom. The number of nitrogens with one attached hydrogen (secondary N) is 2.